The zero-order valence-electron chi connectivity index (χ0n) is 13.3. The number of rotatable bonds is 3. The van der Waals surface area contributed by atoms with Gasteiger partial charge in [0, 0.05) is 31.4 Å². The highest BCUT2D eigenvalue weighted by Crippen LogP contribution is 2.40. The van der Waals surface area contributed by atoms with Crippen molar-refractivity contribution in [2.75, 3.05) is 24.5 Å². The van der Waals surface area contributed by atoms with Gasteiger partial charge in [-0.2, -0.15) is 0 Å². The fraction of sp³-hybridized carbons (Fsp3) is 0.412. The molecule has 7 nitrogen and oxygen atoms in total. The molecule has 2 saturated heterocycles. The number of hydrogen-bond donors (Lipinski definition) is 3. The summed E-state index contributed by atoms with van der Waals surface area (Å²) in [6.07, 6.45) is 4.92. The molecule has 0 radical (unpaired) electrons. The topological polar surface area (TPSA) is 93.1 Å². The van der Waals surface area contributed by atoms with Crippen molar-refractivity contribution < 1.29 is 19.9 Å². The standard InChI is InChI=1S/C17H21N3O4/c21-15(18-24)8-7-13-5-1-2-6-14(13)19-11-17(12-19)9-3-4-10-20(17)16(22)23/h1-2,5-8,24H,3-4,9-12H2,(H,18,21)(H,22,23)/b8-7+. The Morgan fingerprint density at radius 3 is 2.67 bits per heavy atom. The van der Waals surface area contributed by atoms with Crippen LogP contribution in [0.2, 0.25) is 0 Å². The van der Waals surface area contributed by atoms with Gasteiger partial charge >= 0.3 is 6.09 Å². The maximum atomic E-state index is 11.5. The van der Waals surface area contributed by atoms with Gasteiger partial charge in [0.05, 0.1) is 5.54 Å². The van der Waals surface area contributed by atoms with Crippen molar-refractivity contribution in [3.8, 4) is 0 Å². The third kappa shape index (κ3) is 2.94. The minimum atomic E-state index is -0.845. The van der Waals surface area contributed by atoms with Crippen molar-refractivity contribution in [3.05, 3.63) is 35.9 Å². The molecule has 2 fully saturated rings. The van der Waals surface area contributed by atoms with E-state index in [4.69, 9.17) is 5.21 Å². The molecule has 2 aliphatic rings. The van der Waals surface area contributed by atoms with E-state index >= 15 is 0 Å². The van der Waals surface area contributed by atoms with Crippen LogP contribution in [0.3, 0.4) is 0 Å². The summed E-state index contributed by atoms with van der Waals surface area (Å²) in [6, 6.07) is 7.63. The molecule has 1 aromatic carbocycles. The summed E-state index contributed by atoms with van der Waals surface area (Å²) in [4.78, 5) is 26.4. The second kappa shape index (κ2) is 6.52. The van der Waals surface area contributed by atoms with Crippen molar-refractivity contribution in [3.63, 3.8) is 0 Å². The number of anilines is 1. The summed E-state index contributed by atoms with van der Waals surface area (Å²) in [5, 5.41) is 18.0. The third-order valence-corrected chi connectivity index (χ3v) is 4.85. The van der Waals surface area contributed by atoms with Gasteiger partial charge < -0.3 is 10.0 Å². The van der Waals surface area contributed by atoms with Crippen LogP contribution >= 0.6 is 0 Å². The predicted octanol–water partition coefficient (Wildman–Crippen LogP) is 1.93. The lowest BCUT2D eigenvalue weighted by Crippen LogP contribution is -2.72. The Hall–Kier alpha value is -2.54. The molecular weight excluding hydrogens is 310 g/mol. The largest absolute Gasteiger partial charge is 0.465 e. The SMILES string of the molecule is O=C(/C=C/c1ccccc1N1CC2(CCCCN2C(=O)O)C1)NO. The Labute approximate surface area is 140 Å². The van der Waals surface area contributed by atoms with E-state index in [9.17, 15) is 14.7 Å². The number of carbonyl (C=O) groups is 2. The van der Waals surface area contributed by atoms with Crippen molar-refractivity contribution in [1.29, 1.82) is 0 Å². The van der Waals surface area contributed by atoms with Crippen molar-refractivity contribution in [1.82, 2.24) is 10.4 Å². The number of carbonyl (C=O) groups excluding carboxylic acids is 1. The summed E-state index contributed by atoms with van der Waals surface area (Å²) in [5.74, 6) is -0.589. The van der Waals surface area contributed by atoms with E-state index in [1.807, 2.05) is 24.3 Å². The number of piperidine rings is 1. The quantitative estimate of drug-likeness (QED) is 0.447. The fourth-order valence-electron chi connectivity index (χ4n) is 3.68. The number of benzene rings is 1. The van der Waals surface area contributed by atoms with E-state index < -0.39 is 12.0 Å². The molecule has 0 saturated carbocycles. The molecular formula is C17H21N3O4. The minimum absolute atomic E-state index is 0.288. The number of amides is 2. The molecule has 24 heavy (non-hydrogen) atoms. The van der Waals surface area contributed by atoms with Gasteiger partial charge in [0.25, 0.3) is 5.91 Å². The van der Waals surface area contributed by atoms with Crippen LogP contribution < -0.4 is 10.4 Å². The molecule has 7 heteroatoms. The number of hydroxylamine groups is 1. The van der Waals surface area contributed by atoms with Crippen LogP contribution in [0.5, 0.6) is 0 Å². The first-order valence-corrected chi connectivity index (χ1v) is 8.02. The van der Waals surface area contributed by atoms with Gasteiger partial charge in [0.1, 0.15) is 0 Å². The van der Waals surface area contributed by atoms with Crippen LogP contribution in [0.25, 0.3) is 6.08 Å². The zero-order chi connectivity index (χ0) is 17.2. The van der Waals surface area contributed by atoms with E-state index in [0.29, 0.717) is 19.6 Å². The molecule has 3 N–H and O–H groups in total. The number of nitrogens with zero attached hydrogens (tertiary/aromatic N) is 2. The monoisotopic (exact) mass is 331 g/mol. The molecule has 0 atom stereocenters. The average molecular weight is 331 g/mol. The molecule has 1 aromatic rings. The van der Waals surface area contributed by atoms with Gasteiger partial charge in [-0.3, -0.25) is 14.9 Å². The molecule has 0 bridgehead atoms. The number of carboxylic acid groups (broad SMARTS) is 1. The van der Waals surface area contributed by atoms with Crippen LogP contribution in [0.4, 0.5) is 10.5 Å². The lowest BCUT2D eigenvalue weighted by atomic mass is 9.79. The first-order chi connectivity index (χ1) is 11.6. The summed E-state index contributed by atoms with van der Waals surface area (Å²) < 4.78 is 0. The highest BCUT2D eigenvalue weighted by molar-refractivity contribution is 5.92. The molecule has 2 aliphatic heterocycles. The van der Waals surface area contributed by atoms with E-state index in [1.54, 1.807) is 16.5 Å². The molecule has 0 aromatic heterocycles. The Bertz CT molecular complexity index is 668. The first kappa shape index (κ1) is 16.3. The predicted molar refractivity (Wildman–Crippen MR) is 88.9 cm³/mol. The van der Waals surface area contributed by atoms with Gasteiger partial charge in [-0.1, -0.05) is 18.2 Å². The summed E-state index contributed by atoms with van der Waals surface area (Å²) in [5.41, 5.74) is 3.09. The van der Waals surface area contributed by atoms with Crippen LogP contribution in [0, 0.1) is 0 Å². The van der Waals surface area contributed by atoms with E-state index in [2.05, 4.69) is 4.90 Å². The van der Waals surface area contributed by atoms with Crippen LogP contribution in [-0.4, -0.2) is 52.4 Å². The summed E-state index contributed by atoms with van der Waals surface area (Å²) in [6.45, 7) is 1.92. The van der Waals surface area contributed by atoms with Gasteiger partial charge in [-0.25, -0.2) is 10.3 Å². The number of likely N-dealkylation sites (tertiary alicyclic amines) is 1. The fourth-order valence-corrected chi connectivity index (χ4v) is 3.68. The second-order valence-corrected chi connectivity index (χ2v) is 6.34. The molecule has 128 valence electrons. The Balaban J connectivity index is 1.77. The normalized spacial score (nSPS) is 19.4. The second-order valence-electron chi connectivity index (χ2n) is 6.34. The van der Waals surface area contributed by atoms with Crippen LogP contribution in [-0.2, 0) is 4.79 Å². The Kier molecular flexibility index (Phi) is 4.44. The molecule has 0 unspecified atom stereocenters. The van der Waals surface area contributed by atoms with Crippen LogP contribution in [0.15, 0.2) is 30.3 Å². The molecule has 2 amide bonds. The molecule has 0 aliphatic carbocycles. The summed E-state index contributed by atoms with van der Waals surface area (Å²) >= 11 is 0. The van der Waals surface area contributed by atoms with Gasteiger partial charge in [0.15, 0.2) is 0 Å². The molecule has 2 heterocycles. The lowest BCUT2D eigenvalue weighted by molar-refractivity contribution is -0.124. The molecule has 1 spiro atoms. The van der Waals surface area contributed by atoms with Gasteiger partial charge in [-0.15, -0.1) is 0 Å². The zero-order valence-corrected chi connectivity index (χ0v) is 13.3. The summed E-state index contributed by atoms with van der Waals surface area (Å²) in [7, 11) is 0. The maximum absolute atomic E-state index is 11.5. The minimum Gasteiger partial charge on any atom is -0.465 e. The molecule has 3 rings (SSSR count). The van der Waals surface area contributed by atoms with Crippen LogP contribution in [0.1, 0.15) is 24.8 Å². The highest BCUT2D eigenvalue weighted by atomic mass is 16.5. The number of nitrogens with one attached hydrogen (secondary N) is 1. The van der Waals surface area contributed by atoms with E-state index in [0.717, 1.165) is 30.5 Å². The first-order valence-electron chi connectivity index (χ1n) is 8.02. The Morgan fingerprint density at radius 1 is 1.21 bits per heavy atom. The van der Waals surface area contributed by atoms with E-state index in [-0.39, 0.29) is 5.54 Å². The maximum Gasteiger partial charge on any atom is 0.407 e. The van der Waals surface area contributed by atoms with E-state index in [1.165, 1.54) is 6.08 Å². The highest BCUT2D eigenvalue weighted by Gasteiger charge is 2.50. The smallest absolute Gasteiger partial charge is 0.407 e. The third-order valence-electron chi connectivity index (χ3n) is 4.85. The van der Waals surface area contributed by atoms with Crippen molar-refractivity contribution in [2.45, 2.75) is 24.8 Å². The van der Waals surface area contributed by atoms with Crippen molar-refractivity contribution in [2.24, 2.45) is 0 Å². The number of para-hydroxylation sites is 1. The van der Waals surface area contributed by atoms with Gasteiger partial charge in [-0.05, 0) is 37.0 Å². The lowest BCUT2D eigenvalue weighted by Gasteiger charge is -2.58. The average Bonchev–Trinajstić information content (AvgIpc) is 2.57. The Morgan fingerprint density at radius 2 is 1.96 bits per heavy atom. The van der Waals surface area contributed by atoms with Crippen molar-refractivity contribution >= 4 is 23.8 Å². The number of hydrogen-bond acceptors (Lipinski definition) is 4. The van der Waals surface area contributed by atoms with Gasteiger partial charge in [0.2, 0.25) is 0 Å².